The van der Waals surface area contributed by atoms with E-state index in [2.05, 4.69) is 10.3 Å². The van der Waals surface area contributed by atoms with Crippen LogP contribution in [0.4, 0.5) is 5.82 Å². The minimum absolute atomic E-state index is 0.394. The standard InChI is InChI=1S/C11H15N3S2/c12-11(15)8-3-4-10(13-6-8)14-7-9-2-1-5-16-9/h3-4,6,9H,1-2,5,7H2,(H2,12,15)(H,13,14). The van der Waals surface area contributed by atoms with Gasteiger partial charge < -0.3 is 11.1 Å². The molecule has 1 aliphatic heterocycles. The highest BCUT2D eigenvalue weighted by Gasteiger charge is 2.14. The Morgan fingerprint density at radius 2 is 2.50 bits per heavy atom. The van der Waals surface area contributed by atoms with Gasteiger partial charge in [-0.25, -0.2) is 4.98 Å². The molecule has 0 amide bonds. The molecule has 0 aliphatic carbocycles. The zero-order valence-electron chi connectivity index (χ0n) is 8.98. The van der Waals surface area contributed by atoms with Gasteiger partial charge in [-0.15, -0.1) is 0 Å². The first kappa shape index (κ1) is 11.7. The van der Waals surface area contributed by atoms with Crippen molar-refractivity contribution in [2.45, 2.75) is 18.1 Å². The van der Waals surface area contributed by atoms with E-state index in [-0.39, 0.29) is 0 Å². The lowest BCUT2D eigenvalue weighted by molar-refractivity contribution is 0.803. The van der Waals surface area contributed by atoms with Crippen molar-refractivity contribution in [3.05, 3.63) is 23.9 Å². The fourth-order valence-corrected chi connectivity index (χ4v) is 2.99. The first-order valence-electron chi connectivity index (χ1n) is 5.37. The predicted molar refractivity (Wildman–Crippen MR) is 74.1 cm³/mol. The average Bonchev–Trinajstić information content (AvgIpc) is 2.80. The minimum Gasteiger partial charge on any atom is -0.389 e. The van der Waals surface area contributed by atoms with E-state index in [1.54, 1.807) is 6.20 Å². The number of aromatic nitrogens is 1. The van der Waals surface area contributed by atoms with E-state index in [0.717, 1.165) is 23.2 Å². The Hall–Kier alpha value is -0.810. The first-order valence-corrected chi connectivity index (χ1v) is 6.83. The summed E-state index contributed by atoms with van der Waals surface area (Å²) in [5, 5.41) is 4.07. The fourth-order valence-electron chi connectivity index (χ4n) is 1.67. The highest BCUT2D eigenvalue weighted by atomic mass is 32.2. The molecular weight excluding hydrogens is 238 g/mol. The number of pyridine rings is 1. The van der Waals surface area contributed by atoms with Crippen molar-refractivity contribution in [1.29, 1.82) is 0 Å². The third-order valence-electron chi connectivity index (χ3n) is 2.58. The van der Waals surface area contributed by atoms with Gasteiger partial charge in [0.2, 0.25) is 0 Å². The molecule has 2 heterocycles. The summed E-state index contributed by atoms with van der Waals surface area (Å²) in [6, 6.07) is 3.83. The molecule has 1 saturated heterocycles. The van der Waals surface area contributed by atoms with Gasteiger partial charge in [-0.3, -0.25) is 0 Å². The summed E-state index contributed by atoms with van der Waals surface area (Å²) in [5.41, 5.74) is 6.32. The molecule has 5 heteroatoms. The number of thioether (sulfide) groups is 1. The lowest BCUT2D eigenvalue weighted by atomic mass is 10.2. The minimum atomic E-state index is 0.394. The SMILES string of the molecule is NC(=S)c1ccc(NCC2CCCS2)nc1. The molecule has 0 radical (unpaired) electrons. The van der Waals surface area contributed by atoms with Crippen LogP contribution in [0.3, 0.4) is 0 Å². The van der Waals surface area contributed by atoms with Gasteiger partial charge in [-0.05, 0) is 30.7 Å². The summed E-state index contributed by atoms with van der Waals surface area (Å²) in [4.78, 5) is 4.67. The molecule has 0 aromatic carbocycles. The number of thiocarbonyl (C=S) groups is 1. The third kappa shape index (κ3) is 3.09. The molecule has 1 unspecified atom stereocenters. The molecule has 1 aromatic rings. The van der Waals surface area contributed by atoms with E-state index in [0.29, 0.717) is 4.99 Å². The molecule has 16 heavy (non-hydrogen) atoms. The van der Waals surface area contributed by atoms with Crippen molar-refractivity contribution in [3.63, 3.8) is 0 Å². The summed E-state index contributed by atoms with van der Waals surface area (Å²) >= 11 is 6.91. The van der Waals surface area contributed by atoms with E-state index in [9.17, 15) is 0 Å². The second-order valence-electron chi connectivity index (χ2n) is 3.81. The van der Waals surface area contributed by atoms with Gasteiger partial charge in [0.25, 0.3) is 0 Å². The van der Waals surface area contributed by atoms with Crippen molar-refractivity contribution in [2.24, 2.45) is 5.73 Å². The van der Waals surface area contributed by atoms with Crippen LogP contribution in [0.5, 0.6) is 0 Å². The second kappa shape index (κ2) is 5.50. The summed E-state index contributed by atoms with van der Waals surface area (Å²) < 4.78 is 0. The Kier molecular flexibility index (Phi) is 4.01. The zero-order valence-corrected chi connectivity index (χ0v) is 10.6. The molecule has 1 atom stereocenters. The quantitative estimate of drug-likeness (QED) is 0.804. The predicted octanol–water partition coefficient (Wildman–Crippen LogP) is 2.02. The van der Waals surface area contributed by atoms with Gasteiger partial charge in [0.15, 0.2) is 0 Å². The lowest BCUT2D eigenvalue weighted by Crippen LogP contribution is -2.15. The van der Waals surface area contributed by atoms with E-state index < -0.39 is 0 Å². The van der Waals surface area contributed by atoms with Crippen LogP contribution in [-0.2, 0) is 0 Å². The highest BCUT2D eigenvalue weighted by molar-refractivity contribution is 8.00. The van der Waals surface area contributed by atoms with Gasteiger partial charge in [0.1, 0.15) is 10.8 Å². The van der Waals surface area contributed by atoms with Crippen molar-refractivity contribution in [1.82, 2.24) is 4.98 Å². The molecule has 1 aliphatic rings. The number of anilines is 1. The molecule has 0 spiro atoms. The molecule has 1 fully saturated rings. The summed E-state index contributed by atoms with van der Waals surface area (Å²) in [6.07, 6.45) is 4.36. The number of rotatable bonds is 4. The summed E-state index contributed by atoms with van der Waals surface area (Å²) in [5.74, 6) is 2.19. The molecule has 3 N–H and O–H groups in total. The topological polar surface area (TPSA) is 50.9 Å². The van der Waals surface area contributed by atoms with Crippen molar-refractivity contribution < 1.29 is 0 Å². The Bertz CT molecular complexity index is 358. The first-order chi connectivity index (χ1) is 7.75. The monoisotopic (exact) mass is 253 g/mol. The third-order valence-corrected chi connectivity index (χ3v) is 4.22. The number of nitrogens with two attached hydrogens (primary N) is 1. The van der Waals surface area contributed by atoms with Crippen LogP contribution in [0.15, 0.2) is 18.3 Å². The molecule has 3 nitrogen and oxygen atoms in total. The van der Waals surface area contributed by atoms with Gasteiger partial charge in [0.05, 0.1) is 0 Å². The van der Waals surface area contributed by atoms with Crippen LogP contribution >= 0.6 is 24.0 Å². The normalized spacial score (nSPS) is 19.6. The maximum atomic E-state index is 5.51. The number of hydrogen-bond acceptors (Lipinski definition) is 4. The van der Waals surface area contributed by atoms with E-state index >= 15 is 0 Å². The molecule has 0 bridgehead atoms. The average molecular weight is 253 g/mol. The molecule has 1 aromatic heterocycles. The lowest BCUT2D eigenvalue weighted by Gasteiger charge is -2.10. The van der Waals surface area contributed by atoms with Crippen LogP contribution in [0.2, 0.25) is 0 Å². The number of hydrogen-bond donors (Lipinski definition) is 2. The van der Waals surface area contributed by atoms with Crippen LogP contribution in [0, 0.1) is 0 Å². The van der Waals surface area contributed by atoms with Crippen molar-refractivity contribution in [2.75, 3.05) is 17.6 Å². The van der Waals surface area contributed by atoms with Gasteiger partial charge in [0, 0.05) is 23.6 Å². The van der Waals surface area contributed by atoms with Crippen LogP contribution in [-0.4, -0.2) is 27.5 Å². The van der Waals surface area contributed by atoms with E-state index in [1.165, 1.54) is 18.6 Å². The number of nitrogens with zero attached hydrogens (tertiary/aromatic N) is 1. The van der Waals surface area contributed by atoms with E-state index in [4.69, 9.17) is 18.0 Å². The second-order valence-corrected chi connectivity index (χ2v) is 5.66. The van der Waals surface area contributed by atoms with Gasteiger partial charge in [-0.1, -0.05) is 12.2 Å². The van der Waals surface area contributed by atoms with Crippen LogP contribution in [0.1, 0.15) is 18.4 Å². The largest absolute Gasteiger partial charge is 0.389 e. The van der Waals surface area contributed by atoms with E-state index in [1.807, 2.05) is 23.9 Å². The van der Waals surface area contributed by atoms with Gasteiger partial charge in [-0.2, -0.15) is 11.8 Å². The zero-order chi connectivity index (χ0) is 11.4. The van der Waals surface area contributed by atoms with Crippen molar-refractivity contribution >= 4 is 34.8 Å². The molecule has 2 rings (SSSR count). The Morgan fingerprint density at radius 3 is 3.06 bits per heavy atom. The Labute approximate surface area is 105 Å². The number of nitrogens with one attached hydrogen (secondary N) is 1. The summed E-state index contributed by atoms with van der Waals surface area (Å²) in [6.45, 7) is 0.990. The molecule has 0 saturated carbocycles. The maximum absolute atomic E-state index is 5.51. The van der Waals surface area contributed by atoms with Gasteiger partial charge >= 0.3 is 0 Å². The van der Waals surface area contributed by atoms with Crippen molar-refractivity contribution in [3.8, 4) is 0 Å². The Balaban J connectivity index is 1.87. The van der Waals surface area contributed by atoms with Crippen LogP contribution in [0.25, 0.3) is 0 Å². The summed E-state index contributed by atoms with van der Waals surface area (Å²) in [7, 11) is 0. The Morgan fingerprint density at radius 1 is 1.62 bits per heavy atom. The maximum Gasteiger partial charge on any atom is 0.125 e. The molecule has 86 valence electrons. The smallest absolute Gasteiger partial charge is 0.125 e. The van der Waals surface area contributed by atoms with Crippen LogP contribution < -0.4 is 11.1 Å². The molecular formula is C11H15N3S2. The fraction of sp³-hybridized carbons (Fsp3) is 0.455. The highest BCUT2D eigenvalue weighted by Crippen LogP contribution is 2.25.